The number of hydrogen-bond acceptors (Lipinski definition) is 2. The lowest BCUT2D eigenvalue weighted by Gasteiger charge is -2.30. The monoisotopic (exact) mass is 210 g/mol. The van der Waals surface area contributed by atoms with E-state index in [4.69, 9.17) is 0 Å². The first-order valence-corrected chi connectivity index (χ1v) is 6.85. The molecule has 15 heavy (non-hydrogen) atoms. The van der Waals surface area contributed by atoms with Gasteiger partial charge in [0, 0.05) is 19.1 Å². The van der Waals surface area contributed by atoms with E-state index in [2.05, 4.69) is 17.1 Å². The molecule has 2 fully saturated rings. The van der Waals surface area contributed by atoms with Crippen molar-refractivity contribution in [3.05, 3.63) is 0 Å². The molecule has 0 aromatic rings. The molecule has 0 spiro atoms. The average molecular weight is 210 g/mol. The van der Waals surface area contributed by atoms with Gasteiger partial charge < -0.3 is 5.32 Å². The summed E-state index contributed by atoms with van der Waals surface area (Å²) in [5.74, 6) is 1.01. The predicted molar refractivity (Wildman–Crippen MR) is 65.1 cm³/mol. The van der Waals surface area contributed by atoms with Crippen molar-refractivity contribution in [2.24, 2.45) is 5.92 Å². The Morgan fingerprint density at radius 1 is 1.20 bits per heavy atom. The van der Waals surface area contributed by atoms with Gasteiger partial charge in [-0.1, -0.05) is 19.8 Å². The summed E-state index contributed by atoms with van der Waals surface area (Å²) in [6.45, 7) is 7.45. The SMILES string of the molecule is CCCN(CC1CCCC1)C1CCNC1. The van der Waals surface area contributed by atoms with Crippen LogP contribution in [0.2, 0.25) is 0 Å². The van der Waals surface area contributed by atoms with Crippen LogP contribution in [0.15, 0.2) is 0 Å². The summed E-state index contributed by atoms with van der Waals surface area (Å²) >= 11 is 0. The largest absolute Gasteiger partial charge is 0.315 e. The van der Waals surface area contributed by atoms with Gasteiger partial charge in [0.05, 0.1) is 0 Å². The van der Waals surface area contributed by atoms with E-state index in [1.54, 1.807) is 0 Å². The lowest BCUT2D eigenvalue weighted by atomic mass is 10.1. The molecule has 1 saturated heterocycles. The Morgan fingerprint density at radius 2 is 2.00 bits per heavy atom. The van der Waals surface area contributed by atoms with E-state index >= 15 is 0 Å². The van der Waals surface area contributed by atoms with E-state index in [1.165, 1.54) is 64.7 Å². The Kier molecular flexibility index (Phi) is 4.45. The summed E-state index contributed by atoms with van der Waals surface area (Å²) in [5, 5.41) is 3.49. The standard InChI is InChI=1S/C13H26N2/c1-2-9-15(13-7-8-14-10-13)11-12-5-3-4-6-12/h12-14H,2-11H2,1H3. The molecule has 0 aromatic heterocycles. The van der Waals surface area contributed by atoms with Gasteiger partial charge in [-0.2, -0.15) is 0 Å². The second-order valence-corrected chi connectivity index (χ2v) is 5.29. The van der Waals surface area contributed by atoms with E-state index in [0.29, 0.717) is 0 Å². The topological polar surface area (TPSA) is 15.3 Å². The number of nitrogens with zero attached hydrogens (tertiary/aromatic N) is 1. The molecule has 1 saturated carbocycles. The maximum absolute atomic E-state index is 3.49. The fraction of sp³-hybridized carbons (Fsp3) is 1.00. The molecule has 1 N–H and O–H groups in total. The van der Waals surface area contributed by atoms with Crippen LogP contribution in [0.1, 0.15) is 45.4 Å². The highest BCUT2D eigenvalue weighted by Gasteiger charge is 2.25. The van der Waals surface area contributed by atoms with Gasteiger partial charge >= 0.3 is 0 Å². The van der Waals surface area contributed by atoms with Crippen molar-refractivity contribution in [2.45, 2.75) is 51.5 Å². The minimum absolute atomic E-state index is 0.838. The summed E-state index contributed by atoms with van der Waals surface area (Å²) in [6, 6.07) is 0.838. The highest BCUT2D eigenvalue weighted by molar-refractivity contribution is 4.82. The molecule has 0 amide bonds. The van der Waals surface area contributed by atoms with Gasteiger partial charge in [-0.25, -0.2) is 0 Å². The zero-order valence-electron chi connectivity index (χ0n) is 10.2. The number of hydrogen-bond donors (Lipinski definition) is 1. The van der Waals surface area contributed by atoms with Crippen LogP contribution < -0.4 is 5.32 Å². The molecule has 1 unspecified atom stereocenters. The second kappa shape index (κ2) is 5.86. The van der Waals surface area contributed by atoms with Crippen molar-refractivity contribution in [3.63, 3.8) is 0 Å². The first-order valence-electron chi connectivity index (χ1n) is 6.85. The molecule has 0 aromatic carbocycles. The third-order valence-corrected chi connectivity index (χ3v) is 4.03. The molecular weight excluding hydrogens is 184 g/mol. The maximum atomic E-state index is 3.49. The van der Waals surface area contributed by atoms with Crippen molar-refractivity contribution >= 4 is 0 Å². The lowest BCUT2D eigenvalue weighted by molar-refractivity contribution is 0.177. The zero-order valence-corrected chi connectivity index (χ0v) is 10.2. The number of rotatable bonds is 5. The molecule has 2 heteroatoms. The summed E-state index contributed by atoms with van der Waals surface area (Å²) in [6.07, 6.45) is 8.61. The lowest BCUT2D eigenvalue weighted by Crippen LogP contribution is -2.40. The Labute approximate surface area is 94.4 Å². The summed E-state index contributed by atoms with van der Waals surface area (Å²) in [4.78, 5) is 2.76. The Balaban J connectivity index is 1.81. The normalized spacial score (nSPS) is 28.0. The van der Waals surface area contributed by atoms with Gasteiger partial charge in [0.15, 0.2) is 0 Å². The van der Waals surface area contributed by atoms with Crippen LogP contribution in [0.5, 0.6) is 0 Å². The quantitative estimate of drug-likeness (QED) is 0.749. The molecule has 1 aliphatic heterocycles. The van der Waals surface area contributed by atoms with E-state index in [-0.39, 0.29) is 0 Å². The smallest absolute Gasteiger partial charge is 0.0232 e. The van der Waals surface area contributed by atoms with Crippen LogP contribution >= 0.6 is 0 Å². The molecule has 1 atom stereocenters. The minimum atomic E-state index is 0.838. The molecular formula is C13H26N2. The minimum Gasteiger partial charge on any atom is -0.315 e. The molecule has 0 radical (unpaired) electrons. The van der Waals surface area contributed by atoms with Crippen LogP contribution in [-0.4, -0.2) is 37.1 Å². The van der Waals surface area contributed by atoms with Crippen molar-refractivity contribution < 1.29 is 0 Å². The second-order valence-electron chi connectivity index (χ2n) is 5.29. The fourth-order valence-electron chi connectivity index (χ4n) is 3.19. The van der Waals surface area contributed by atoms with Gasteiger partial charge in [-0.15, -0.1) is 0 Å². The Bertz CT molecular complexity index is 169. The van der Waals surface area contributed by atoms with Crippen molar-refractivity contribution in [1.82, 2.24) is 10.2 Å². The fourth-order valence-corrected chi connectivity index (χ4v) is 3.19. The highest BCUT2D eigenvalue weighted by atomic mass is 15.2. The van der Waals surface area contributed by atoms with Crippen LogP contribution in [0, 0.1) is 5.92 Å². The molecule has 88 valence electrons. The zero-order chi connectivity index (χ0) is 10.5. The molecule has 0 bridgehead atoms. The van der Waals surface area contributed by atoms with E-state index in [1.807, 2.05) is 0 Å². The van der Waals surface area contributed by atoms with E-state index < -0.39 is 0 Å². The molecule has 1 heterocycles. The van der Waals surface area contributed by atoms with Crippen LogP contribution in [-0.2, 0) is 0 Å². The first-order chi connectivity index (χ1) is 7.40. The van der Waals surface area contributed by atoms with Crippen LogP contribution in [0.4, 0.5) is 0 Å². The Hall–Kier alpha value is -0.0800. The number of nitrogens with one attached hydrogen (secondary N) is 1. The van der Waals surface area contributed by atoms with Crippen molar-refractivity contribution in [3.8, 4) is 0 Å². The van der Waals surface area contributed by atoms with Crippen molar-refractivity contribution in [1.29, 1.82) is 0 Å². The van der Waals surface area contributed by atoms with Gasteiger partial charge in [0.1, 0.15) is 0 Å². The highest BCUT2D eigenvalue weighted by Crippen LogP contribution is 2.26. The average Bonchev–Trinajstić information content (AvgIpc) is 2.89. The van der Waals surface area contributed by atoms with Gasteiger partial charge in [-0.05, 0) is 44.7 Å². The molecule has 2 aliphatic rings. The predicted octanol–water partition coefficient (Wildman–Crippen LogP) is 2.25. The van der Waals surface area contributed by atoms with Gasteiger partial charge in [0.25, 0.3) is 0 Å². The van der Waals surface area contributed by atoms with E-state index in [9.17, 15) is 0 Å². The van der Waals surface area contributed by atoms with E-state index in [0.717, 1.165) is 12.0 Å². The maximum Gasteiger partial charge on any atom is 0.0232 e. The van der Waals surface area contributed by atoms with Gasteiger partial charge in [-0.3, -0.25) is 4.90 Å². The van der Waals surface area contributed by atoms with Crippen LogP contribution in [0.25, 0.3) is 0 Å². The van der Waals surface area contributed by atoms with Crippen molar-refractivity contribution in [2.75, 3.05) is 26.2 Å². The molecule has 2 nitrogen and oxygen atoms in total. The third-order valence-electron chi connectivity index (χ3n) is 4.03. The Morgan fingerprint density at radius 3 is 2.60 bits per heavy atom. The summed E-state index contributed by atoms with van der Waals surface area (Å²) in [7, 11) is 0. The molecule has 1 aliphatic carbocycles. The third kappa shape index (κ3) is 3.18. The molecule has 2 rings (SSSR count). The first kappa shape index (κ1) is 11.4. The van der Waals surface area contributed by atoms with Gasteiger partial charge in [0.2, 0.25) is 0 Å². The van der Waals surface area contributed by atoms with Crippen LogP contribution in [0.3, 0.4) is 0 Å². The summed E-state index contributed by atoms with van der Waals surface area (Å²) in [5.41, 5.74) is 0. The summed E-state index contributed by atoms with van der Waals surface area (Å²) < 4.78 is 0.